The molecule has 1 N–H and O–H groups in total. The standard InChI is InChI=1S/C21H17N5O2S2/c1-13-8-9-15(12-14(13)2)22-19-18-17(10-11-29-18)26-20(23-19)21(24-25-26)30(27,28)16-6-4-3-5-7-16/h3-12H,1-2H3,(H,22,23). The Morgan fingerprint density at radius 3 is 2.57 bits per heavy atom. The van der Waals surface area contributed by atoms with Crippen molar-refractivity contribution in [2.45, 2.75) is 23.8 Å². The summed E-state index contributed by atoms with van der Waals surface area (Å²) < 4.78 is 28.7. The molecular weight excluding hydrogens is 418 g/mol. The first-order chi connectivity index (χ1) is 14.4. The summed E-state index contributed by atoms with van der Waals surface area (Å²) in [6, 6.07) is 16.1. The van der Waals surface area contributed by atoms with Gasteiger partial charge in [-0.2, -0.15) is 4.52 Å². The van der Waals surface area contributed by atoms with E-state index in [-0.39, 0.29) is 15.6 Å². The zero-order valence-electron chi connectivity index (χ0n) is 16.2. The van der Waals surface area contributed by atoms with Crippen molar-refractivity contribution < 1.29 is 8.42 Å². The van der Waals surface area contributed by atoms with Gasteiger partial charge in [0.2, 0.25) is 14.9 Å². The first-order valence-electron chi connectivity index (χ1n) is 9.22. The van der Waals surface area contributed by atoms with Crippen molar-refractivity contribution in [2.24, 2.45) is 0 Å². The molecule has 0 aliphatic rings. The molecule has 0 unspecified atom stereocenters. The lowest BCUT2D eigenvalue weighted by atomic mass is 10.1. The minimum Gasteiger partial charge on any atom is -0.339 e. The second kappa shape index (κ2) is 6.89. The number of hydrogen-bond acceptors (Lipinski definition) is 7. The molecule has 0 atom stereocenters. The van der Waals surface area contributed by atoms with E-state index in [0.717, 1.165) is 21.5 Å². The van der Waals surface area contributed by atoms with Gasteiger partial charge < -0.3 is 5.32 Å². The molecule has 3 heterocycles. The Morgan fingerprint density at radius 1 is 1.00 bits per heavy atom. The lowest BCUT2D eigenvalue weighted by Gasteiger charge is -2.10. The van der Waals surface area contributed by atoms with Crippen LogP contribution in [0.2, 0.25) is 0 Å². The summed E-state index contributed by atoms with van der Waals surface area (Å²) in [4.78, 5) is 4.79. The molecule has 0 spiro atoms. The number of hydrogen-bond donors (Lipinski definition) is 1. The molecule has 0 saturated heterocycles. The zero-order valence-corrected chi connectivity index (χ0v) is 17.8. The van der Waals surface area contributed by atoms with Crippen LogP contribution < -0.4 is 5.32 Å². The zero-order chi connectivity index (χ0) is 20.9. The molecule has 3 aromatic heterocycles. The number of benzene rings is 2. The Bertz CT molecular complexity index is 1510. The highest BCUT2D eigenvalue weighted by Gasteiger charge is 2.27. The van der Waals surface area contributed by atoms with E-state index in [4.69, 9.17) is 0 Å². The van der Waals surface area contributed by atoms with Gasteiger partial charge in [-0.3, -0.25) is 0 Å². The minimum absolute atomic E-state index is 0.156. The van der Waals surface area contributed by atoms with Crippen molar-refractivity contribution in [3.63, 3.8) is 0 Å². The van der Waals surface area contributed by atoms with Crippen molar-refractivity contribution in [1.82, 2.24) is 19.8 Å². The van der Waals surface area contributed by atoms with Gasteiger partial charge in [-0.05, 0) is 60.7 Å². The fourth-order valence-corrected chi connectivity index (χ4v) is 5.32. The number of anilines is 2. The van der Waals surface area contributed by atoms with E-state index >= 15 is 0 Å². The molecule has 150 valence electrons. The third kappa shape index (κ3) is 2.94. The first kappa shape index (κ1) is 18.7. The molecule has 0 aliphatic carbocycles. The summed E-state index contributed by atoms with van der Waals surface area (Å²) in [5, 5.41) is 13.2. The van der Waals surface area contributed by atoms with E-state index in [1.807, 2.05) is 36.6 Å². The van der Waals surface area contributed by atoms with Crippen molar-refractivity contribution >= 4 is 48.5 Å². The number of aromatic nitrogens is 4. The predicted molar refractivity (Wildman–Crippen MR) is 117 cm³/mol. The van der Waals surface area contributed by atoms with Crippen LogP contribution in [0.4, 0.5) is 11.5 Å². The molecule has 0 saturated carbocycles. The number of rotatable bonds is 4. The first-order valence-corrected chi connectivity index (χ1v) is 11.6. The molecule has 0 bridgehead atoms. The van der Waals surface area contributed by atoms with Gasteiger partial charge in [0, 0.05) is 5.69 Å². The highest BCUT2D eigenvalue weighted by molar-refractivity contribution is 7.91. The summed E-state index contributed by atoms with van der Waals surface area (Å²) in [5.74, 6) is 0.572. The van der Waals surface area contributed by atoms with Crippen molar-refractivity contribution in [3.8, 4) is 0 Å². The van der Waals surface area contributed by atoms with Crippen LogP contribution in [0.1, 0.15) is 11.1 Å². The number of fused-ring (bicyclic) bond motifs is 3. The number of nitrogens with zero attached hydrogens (tertiary/aromatic N) is 4. The SMILES string of the molecule is Cc1ccc(Nc2nc3c(S(=O)(=O)c4ccccc4)nnn3c3ccsc23)cc1C. The fourth-order valence-electron chi connectivity index (χ4n) is 3.25. The van der Waals surface area contributed by atoms with Crippen LogP contribution >= 0.6 is 11.3 Å². The van der Waals surface area contributed by atoms with Gasteiger partial charge in [0.25, 0.3) is 0 Å². The third-order valence-electron chi connectivity index (χ3n) is 5.00. The Balaban J connectivity index is 1.71. The highest BCUT2D eigenvalue weighted by Crippen LogP contribution is 2.32. The quantitative estimate of drug-likeness (QED) is 0.446. The maximum atomic E-state index is 13.2. The summed E-state index contributed by atoms with van der Waals surface area (Å²) in [6.07, 6.45) is 0. The molecule has 30 heavy (non-hydrogen) atoms. The third-order valence-corrected chi connectivity index (χ3v) is 7.58. The summed E-state index contributed by atoms with van der Waals surface area (Å²) in [6.45, 7) is 4.10. The maximum Gasteiger partial charge on any atom is 0.229 e. The van der Waals surface area contributed by atoms with Gasteiger partial charge in [-0.15, -0.1) is 16.4 Å². The number of aryl methyl sites for hydroxylation is 2. The van der Waals surface area contributed by atoms with E-state index in [1.165, 1.54) is 33.5 Å². The van der Waals surface area contributed by atoms with Gasteiger partial charge in [0.05, 0.1) is 15.1 Å². The van der Waals surface area contributed by atoms with Gasteiger partial charge in [-0.25, -0.2) is 13.4 Å². The average molecular weight is 436 g/mol. The summed E-state index contributed by atoms with van der Waals surface area (Å²) >= 11 is 1.51. The Hall–Kier alpha value is -3.30. The molecule has 9 heteroatoms. The van der Waals surface area contributed by atoms with E-state index < -0.39 is 9.84 Å². The summed E-state index contributed by atoms with van der Waals surface area (Å²) in [5.41, 5.74) is 4.17. The second-order valence-corrected chi connectivity index (χ2v) is 9.75. The van der Waals surface area contributed by atoms with E-state index in [0.29, 0.717) is 5.82 Å². The Labute approximate surface area is 176 Å². The van der Waals surface area contributed by atoms with Crippen molar-refractivity contribution in [2.75, 3.05) is 5.32 Å². The van der Waals surface area contributed by atoms with Gasteiger partial charge in [0.15, 0.2) is 11.5 Å². The van der Waals surface area contributed by atoms with Gasteiger partial charge in [0.1, 0.15) is 0 Å². The normalized spacial score (nSPS) is 11.9. The maximum absolute atomic E-state index is 13.2. The molecule has 2 aromatic carbocycles. The van der Waals surface area contributed by atoms with Gasteiger partial charge >= 0.3 is 0 Å². The lowest BCUT2D eigenvalue weighted by molar-refractivity contribution is 0.592. The molecule has 7 nitrogen and oxygen atoms in total. The average Bonchev–Trinajstić information content (AvgIpc) is 3.39. The predicted octanol–water partition coefficient (Wildman–Crippen LogP) is 4.53. The van der Waals surface area contributed by atoms with Crippen molar-refractivity contribution in [3.05, 3.63) is 71.1 Å². The van der Waals surface area contributed by atoms with Crippen LogP contribution in [0.25, 0.3) is 15.9 Å². The van der Waals surface area contributed by atoms with E-state index in [9.17, 15) is 8.42 Å². The minimum atomic E-state index is -3.86. The topological polar surface area (TPSA) is 89.2 Å². The summed E-state index contributed by atoms with van der Waals surface area (Å²) in [7, 11) is -3.86. The second-order valence-electron chi connectivity index (χ2n) is 6.97. The fraction of sp³-hybridized carbons (Fsp3) is 0.0952. The Morgan fingerprint density at radius 2 is 1.80 bits per heavy atom. The van der Waals surface area contributed by atoms with Crippen LogP contribution in [-0.2, 0) is 9.84 Å². The Kier molecular flexibility index (Phi) is 4.30. The molecule has 0 aliphatic heterocycles. The van der Waals surface area contributed by atoms with Crippen LogP contribution in [-0.4, -0.2) is 28.2 Å². The molecule has 0 amide bonds. The molecule has 0 fully saturated rings. The van der Waals surface area contributed by atoms with Crippen LogP contribution in [0.3, 0.4) is 0 Å². The largest absolute Gasteiger partial charge is 0.339 e. The molecule has 5 rings (SSSR count). The van der Waals surface area contributed by atoms with Crippen LogP contribution in [0, 0.1) is 13.8 Å². The number of nitrogens with one attached hydrogen (secondary N) is 1. The molecule has 0 radical (unpaired) electrons. The number of thiophene rings is 1. The molecule has 5 aromatic rings. The van der Waals surface area contributed by atoms with Crippen LogP contribution in [0.15, 0.2) is 69.9 Å². The van der Waals surface area contributed by atoms with E-state index in [1.54, 1.807) is 18.2 Å². The molecular formula is C21H17N5O2S2. The van der Waals surface area contributed by atoms with Crippen molar-refractivity contribution in [1.29, 1.82) is 0 Å². The monoisotopic (exact) mass is 435 g/mol. The number of sulfone groups is 1. The smallest absolute Gasteiger partial charge is 0.229 e. The van der Waals surface area contributed by atoms with Crippen LogP contribution in [0.5, 0.6) is 0 Å². The highest BCUT2D eigenvalue weighted by atomic mass is 32.2. The van der Waals surface area contributed by atoms with E-state index in [2.05, 4.69) is 27.5 Å². The lowest BCUT2D eigenvalue weighted by Crippen LogP contribution is -2.05. The van der Waals surface area contributed by atoms with Gasteiger partial charge in [-0.1, -0.05) is 29.5 Å².